The second-order valence-electron chi connectivity index (χ2n) is 13.8. The number of carbonyl (C=O) groups excluding carboxylic acids is 2. The molecule has 2 aliphatic rings. The summed E-state index contributed by atoms with van der Waals surface area (Å²) in [7, 11) is 4.65. The normalized spacial score (nSPS) is 18.3. The van der Waals surface area contributed by atoms with Crippen LogP contribution in [0.5, 0.6) is 17.2 Å². The predicted molar refractivity (Wildman–Crippen MR) is 203 cm³/mol. The molecule has 2 aromatic heterocycles. The van der Waals surface area contributed by atoms with Crippen LogP contribution in [0, 0.1) is 5.92 Å². The van der Waals surface area contributed by atoms with E-state index in [1.54, 1.807) is 45.7 Å². The van der Waals surface area contributed by atoms with Crippen molar-refractivity contribution in [3.63, 3.8) is 0 Å². The topological polar surface area (TPSA) is 120 Å². The molecule has 2 saturated heterocycles. The lowest BCUT2D eigenvalue weighted by Crippen LogP contribution is -2.41. The third-order valence-electron chi connectivity index (χ3n) is 10.7. The highest BCUT2D eigenvalue weighted by atomic mass is 16.5. The molecule has 280 valence electrons. The number of methoxy groups -OCH3 is 3. The number of likely N-dealkylation sites (tertiary alicyclic amines) is 2. The van der Waals surface area contributed by atoms with Gasteiger partial charge in [-0.2, -0.15) is 0 Å². The maximum Gasteiger partial charge on any atom is 0.254 e. The van der Waals surface area contributed by atoms with Crippen LogP contribution in [-0.2, 0) is 18.6 Å². The molecule has 0 bridgehead atoms. The number of aromatic nitrogens is 2. The van der Waals surface area contributed by atoms with Gasteiger partial charge in [-0.15, -0.1) is 0 Å². The van der Waals surface area contributed by atoms with Crippen molar-refractivity contribution in [1.82, 2.24) is 19.4 Å². The standard InChI is InChI=1S/C42H50N4O7/c1-5-6-8-13-33-26-43-40(46(33)27-34-14-15-35(28-47)53-34)38(48)30-16-20-44(21-17-30)22-18-42(32-11-9-7-10-12-32)19-23-45(29-42)41(49)31-24-36(50-2)39(52-4)37(25-31)51-3/h5-15,24-26,30,47H,16-23,27-29H2,1-4H3/b6-5+,13-8+. The van der Waals surface area contributed by atoms with Crippen molar-refractivity contribution >= 4 is 17.8 Å². The average molecular weight is 723 g/mol. The Morgan fingerprint density at radius 1 is 0.962 bits per heavy atom. The first-order valence-electron chi connectivity index (χ1n) is 18.3. The largest absolute Gasteiger partial charge is 0.493 e. The molecule has 6 rings (SSSR count). The van der Waals surface area contributed by atoms with Crippen LogP contribution in [0.2, 0.25) is 0 Å². The molecule has 2 aromatic carbocycles. The average Bonchev–Trinajstić information content (AvgIpc) is 3.96. The van der Waals surface area contributed by atoms with Gasteiger partial charge < -0.3 is 38.1 Å². The highest BCUT2D eigenvalue weighted by Crippen LogP contribution is 2.41. The summed E-state index contributed by atoms with van der Waals surface area (Å²) in [5.74, 6) is 2.76. The molecule has 4 aromatic rings. The number of ether oxygens (including phenoxy) is 3. The number of amides is 1. The number of ketones is 1. The highest BCUT2D eigenvalue weighted by molar-refractivity contribution is 5.96. The number of furan rings is 1. The number of rotatable bonds is 15. The molecule has 4 heterocycles. The number of carbonyl (C=O) groups is 2. The first-order valence-corrected chi connectivity index (χ1v) is 18.3. The second-order valence-corrected chi connectivity index (χ2v) is 13.8. The molecule has 11 nitrogen and oxygen atoms in total. The van der Waals surface area contributed by atoms with Crippen molar-refractivity contribution in [3.8, 4) is 17.2 Å². The van der Waals surface area contributed by atoms with E-state index >= 15 is 0 Å². The minimum atomic E-state index is -0.201. The van der Waals surface area contributed by atoms with E-state index in [1.807, 2.05) is 52.8 Å². The van der Waals surface area contributed by atoms with Crippen LogP contribution >= 0.6 is 0 Å². The molecule has 1 amide bonds. The number of aliphatic hydroxyl groups excluding tert-OH is 1. The van der Waals surface area contributed by atoms with Gasteiger partial charge in [0.15, 0.2) is 17.3 Å². The fraction of sp³-hybridized carbons (Fsp3) is 0.405. The minimum absolute atomic E-state index is 0.0433. The van der Waals surface area contributed by atoms with E-state index in [1.165, 1.54) is 5.56 Å². The zero-order valence-corrected chi connectivity index (χ0v) is 31.1. The fourth-order valence-electron chi connectivity index (χ4n) is 7.68. The van der Waals surface area contributed by atoms with Crippen LogP contribution in [0.15, 0.2) is 83.4 Å². The van der Waals surface area contributed by atoms with Gasteiger partial charge in [0.05, 0.1) is 39.8 Å². The van der Waals surface area contributed by atoms with Gasteiger partial charge >= 0.3 is 0 Å². The zero-order valence-electron chi connectivity index (χ0n) is 31.1. The lowest BCUT2D eigenvalue weighted by Gasteiger charge is -2.36. The van der Waals surface area contributed by atoms with Gasteiger partial charge in [0, 0.05) is 30.0 Å². The molecule has 1 N–H and O–H groups in total. The maximum atomic E-state index is 14.0. The Balaban J connectivity index is 1.13. The Morgan fingerprint density at radius 3 is 2.32 bits per heavy atom. The van der Waals surface area contributed by atoms with Gasteiger partial charge in [-0.05, 0) is 88.1 Å². The van der Waals surface area contributed by atoms with E-state index < -0.39 is 0 Å². The Hall–Kier alpha value is -5.13. The molecule has 11 heteroatoms. The number of imidazole rings is 1. The van der Waals surface area contributed by atoms with Crippen LogP contribution in [-0.4, -0.2) is 90.2 Å². The van der Waals surface area contributed by atoms with Crippen LogP contribution < -0.4 is 14.2 Å². The Bertz CT molecular complexity index is 1900. The molecule has 0 spiro atoms. The van der Waals surface area contributed by atoms with Crippen LogP contribution in [0.3, 0.4) is 0 Å². The number of Topliss-reactive ketones (excluding diaryl/α,β-unsaturated/α-hetero) is 1. The van der Waals surface area contributed by atoms with Crippen molar-refractivity contribution in [3.05, 3.63) is 113 Å². The van der Waals surface area contributed by atoms with Gasteiger partial charge in [0.25, 0.3) is 5.91 Å². The summed E-state index contributed by atoms with van der Waals surface area (Å²) in [6.07, 6.45) is 12.7. The summed E-state index contributed by atoms with van der Waals surface area (Å²) in [5, 5.41) is 9.49. The molecule has 2 aliphatic heterocycles. The minimum Gasteiger partial charge on any atom is -0.493 e. The first kappa shape index (κ1) is 37.6. The Kier molecular flexibility index (Phi) is 12.2. The molecular weight excluding hydrogens is 672 g/mol. The smallest absolute Gasteiger partial charge is 0.254 e. The van der Waals surface area contributed by atoms with E-state index in [0.29, 0.717) is 59.8 Å². The summed E-state index contributed by atoms with van der Waals surface area (Å²) >= 11 is 0. The molecule has 53 heavy (non-hydrogen) atoms. The molecule has 1 atom stereocenters. The van der Waals surface area contributed by atoms with Crippen molar-refractivity contribution in [1.29, 1.82) is 0 Å². The quantitative estimate of drug-likeness (QED) is 0.110. The molecular formula is C42H50N4O7. The molecule has 0 radical (unpaired) electrons. The van der Waals surface area contributed by atoms with E-state index in [9.17, 15) is 14.7 Å². The fourth-order valence-corrected chi connectivity index (χ4v) is 7.68. The SMILES string of the molecule is C/C=C/C=C/c1cnc(C(=O)C2CCN(CCC3(c4ccccc4)CCN(C(=O)c4cc(OC)c(OC)c(OC)c4)C3)CC2)n1Cc1ccc(CO)o1. The number of nitrogens with zero attached hydrogens (tertiary/aromatic N) is 4. The number of aliphatic hydroxyl groups is 1. The van der Waals surface area contributed by atoms with Gasteiger partial charge in [0.1, 0.15) is 18.1 Å². The third-order valence-corrected chi connectivity index (χ3v) is 10.7. The van der Waals surface area contributed by atoms with Gasteiger partial charge in [-0.25, -0.2) is 4.98 Å². The lowest BCUT2D eigenvalue weighted by atomic mass is 9.76. The van der Waals surface area contributed by atoms with E-state index in [-0.39, 0.29) is 29.6 Å². The second kappa shape index (κ2) is 17.1. The maximum absolute atomic E-state index is 14.0. The number of allylic oxidation sites excluding steroid dienone is 3. The predicted octanol–water partition coefficient (Wildman–Crippen LogP) is 6.40. The van der Waals surface area contributed by atoms with E-state index in [0.717, 1.165) is 51.0 Å². The highest BCUT2D eigenvalue weighted by Gasteiger charge is 2.42. The molecule has 0 saturated carbocycles. The summed E-state index contributed by atoms with van der Waals surface area (Å²) in [4.78, 5) is 36.9. The monoisotopic (exact) mass is 722 g/mol. The molecule has 2 fully saturated rings. The van der Waals surface area contributed by atoms with E-state index in [2.05, 4.69) is 34.1 Å². The molecule has 0 aliphatic carbocycles. The first-order chi connectivity index (χ1) is 25.8. The van der Waals surface area contributed by atoms with Crippen molar-refractivity contribution < 1.29 is 33.3 Å². The summed E-state index contributed by atoms with van der Waals surface area (Å²) < 4.78 is 24.2. The van der Waals surface area contributed by atoms with Crippen molar-refractivity contribution in [2.24, 2.45) is 5.92 Å². The number of hydrogen-bond donors (Lipinski definition) is 1. The van der Waals surface area contributed by atoms with Crippen LogP contribution in [0.4, 0.5) is 0 Å². The number of benzene rings is 2. The van der Waals surface area contributed by atoms with Crippen LogP contribution in [0.25, 0.3) is 6.08 Å². The Labute approximate surface area is 311 Å². The van der Waals surface area contributed by atoms with Gasteiger partial charge in [-0.3, -0.25) is 9.59 Å². The van der Waals surface area contributed by atoms with E-state index in [4.69, 9.17) is 18.6 Å². The van der Waals surface area contributed by atoms with Gasteiger partial charge in [0.2, 0.25) is 11.5 Å². The number of hydrogen-bond acceptors (Lipinski definition) is 9. The third kappa shape index (κ3) is 8.26. The molecule has 1 unspecified atom stereocenters. The van der Waals surface area contributed by atoms with Gasteiger partial charge in [-0.1, -0.05) is 48.6 Å². The van der Waals surface area contributed by atoms with Crippen molar-refractivity contribution in [2.75, 3.05) is 54.1 Å². The lowest BCUT2D eigenvalue weighted by molar-refractivity contribution is 0.0777. The summed E-state index contributed by atoms with van der Waals surface area (Å²) in [6, 6.07) is 17.5. The Morgan fingerprint density at radius 2 is 1.68 bits per heavy atom. The van der Waals surface area contributed by atoms with Crippen LogP contribution in [0.1, 0.15) is 76.4 Å². The summed E-state index contributed by atoms with van der Waals surface area (Å²) in [6.45, 7) is 5.83. The summed E-state index contributed by atoms with van der Waals surface area (Å²) in [5.41, 5.74) is 2.34. The zero-order chi connectivity index (χ0) is 37.4. The number of piperidine rings is 1. The van der Waals surface area contributed by atoms with Crippen molar-refractivity contribution in [2.45, 2.75) is 51.2 Å².